The monoisotopic (exact) mass is 365 g/mol. The van der Waals surface area contributed by atoms with Crippen LogP contribution >= 0.6 is 0 Å². The van der Waals surface area contributed by atoms with Crippen molar-refractivity contribution in [2.24, 2.45) is 0 Å². The second kappa shape index (κ2) is 6.94. The van der Waals surface area contributed by atoms with Crippen LogP contribution in [0.3, 0.4) is 0 Å². The summed E-state index contributed by atoms with van der Waals surface area (Å²) >= 11 is 0. The summed E-state index contributed by atoms with van der Waals surface area (Å²) in [6.45, 7) is 3.03. The van der Waals surface area contributed by atoms with E-state index in [0.29, 0.717) is 29.3 Å². The van der Waals surface area contributed by atoms with Crippen molar-refractivity contribution in [1.82, 2.24) is 34.7 Å². The molecular weight excluding hydrogens is 349 g/mol. The van der Waals surface area contributed by atoms with Crippen LogP contribution in [0.4, 0.5) is 4.39 Å². The van der Waals surface area contributed by atoms with Crippen molar-refractivity contribution >= 4 is 11.7 Å². The number of carbonyl (C=O) groups is 1. The summed E-state index contributed by atoms with van der Waals surface area (Å²) in [5.41, 5.74) is 2.38. The standard InChI is InChI=1S/C18H16FN7O/c1-2-25-14(7-8-22-25)10-20-17(27)16-9-15(12-3-5-13(19)6-4-12)24-18-21-11-23-26(16)18/h3-9,11H,2,10H2,1H3,(H,20,27). The fourth-order valence-corrected chi connectivity index (χ4v) is 2.80. The van der Waals surface area contributed by atoms with Crippen LogP contribution in [0.2, 0.25) is 0 Å². The molecule has 27 heavy (non-hydrogen) atoms. The molecule has 1 aromatic carbocycles. The molecule has 136 valence electrons. The highest BCUT2D eigenvalue weighted by Crippen LogP contribution is 2.19. The van der Waals surface area contributed by atoms with Crippen molar-refractivity contribution in [2.45, 2.75) is 20.0 Å². The molecule has 8 nitrogen and oxygen atoms in total. The number of carbonyl (C=O) groups excluding carboxylic acids is 1. The summed E-state index contributed by atoms with van der Waals surface area (Å²) in [7, 11) is 0. The number of nitrogens with zero attached hydrogens (tertiary/aromatic N) is 6. The average molecular weight is 365 g/mol. The third-order valence-corrected chi connectivity index (χ3v) is 4.16. The highest BCUT2D eigenvalue weighted by Gasteiger charge is 2.16. The Morgan fingerprint density at radius 1 is 1.19 bits per heavy atom. The smallest absolute Gasteiger partial charge is 0.270 e. The van der Waals surface area contributed by atoms with Gasteiger partial charge in [-0.3, -0.25) is 9.48 Å². The van der Waals surface area contributed by atoms with Crippen LogP contribution in [-0.2, 0) is 13.1 Å². The Kier molecular flexibility index (Phi) is 4.33. The molecule has 0 unspecified atom stereocenters. The second-order valence-corrected chi connectivity index (χ2v) is 5.83. The van der Waals surface area contributed by atoms with Gasteiger partial charge in [0.05, 0.1) is 17.9 Å². The van der Waals surface area contributed by atoms with E-state index in [1.54, 1.807) is 24.4 Å². The number of amides is 1. The van der Waals surface area contributed by atoms with Crippen LogP contribution in [0.25, 0.3) is 17.0 Å². The zero-order chi connectivity index (χ0) is 18.8. The van der Waals surface area contributed by atoms with E-state index >= 15 is 0 Å². The molecule has 9 heteroatoms. The molecule has 0 spiro atoms. The van der Waals surface area contributed by atoms with Crippen LogP contribution in [-0.4, -0.2) is 35.3 Å². The zero-order valence-corrected chi connectivity index (χ0v) is 14.5. The van der Waals surface area contributed by atoms with E-state index in [1.807, 2.05) is 17.7 Å². The number of hydrogen-bond acceptors (Lipinski definition) is 5. The molecule has 0 aliphatic rings. The van der Waals surface area contributed by atoms with Crippen molar-refractivity contribution < 1.29 is 9.18 Å². The van der Waals surface area contributed by atoms with Crippen LogP contribution in [0.1, 0.15) is 23.1 Å². The van der Waals surface area contributed by atoms with Crippen molar-refractivity contribution in [3.05, 3.63) is 66.1 Å². The molecule has 0 aliphatic heterocycles. The number of rotatable bonds is 5. The summed E-state index contributed by atoms with van der Waals surface area (Å²) in [5, 5.41) is 11.1. The summed E-state index contributed by atoms with van der Waals surface area (Å²) in [6, 6.07) is 9.36. The Morgan fingerprint density at radius 2 is 2.00 bits per heavy atom. The fraction of sp³-hybridized carbons (Fsp3) is 0.167. The Bertz CT molecular complexity index is 1100. The molecule has 0 aliphatic carbocycles. The van der Waals surface area contributed by atoms with Crippen molar-refractivity contribution in [2.75, 3.05) is 0 Å². The van der Waals surface area contributed by atoms with Crippen LogP contribution in [0.5, 0.6) is 0 Å². The molecule has 0 radical (unpaired) electrons. The maximum absolute atomic E-state index is 13.2. The first kappa shape index (κ1) is 16.8. The predicted molar refractivity (Wildman–Crippen MR) is 95.2 cm³/mol. The zero-order valence-electron chi connectivity index (χ0n) is 14.5. The normalized spacial score (nSPS) is 11.0. The summed E-state index contributed by atoms with van der Waals surface area (Å²) in [5.74, 6) is -0.367. The van der Waals surface area contributed by atoms with E-state index < -0.39 is 0 Å². The van der Waals surface area contributed by atoms with E-state index in [1.165, 1.54) is 23.0 Å². The van der Waals surface area contributed by atoms with Gasteiger partial charge in [0.1, 0.15) is 17.8 Å². The predicted octanol–water partition coefficient (Wildman–Crippen LogP) is 2.08. The van der Waals surface area contributed by atoms with Gasteiger partial charge in [0.2, 0.25) is 0 Å². The van der Waals surface area contributed by atoms with E-state index in [0.717, 1.165) is 12.2 Å². The molecule has 0 saturated heterocycles. The van der Waals surface area contributed by atoms with Gasteiger partial charge in [0.25, 0.3) is 11.7 Å². The number of fused-ring (bicyclic) bond motifs is 1. The minimum atomic E-state index is -0.340. The van der Waals surface area contributed by atoms with Gasteiger partial charge in [-0.25, -0.2) is 9.37 Å². The maximum atomic E-state index is 13.2. The van der Waals surface area contributed by atoms with Crippen LogP contribution < -0.4 is 5.32 Å². The highest BCUT2D eigenvalue weighted by atomic mass is 19.1. The van der Waals surface area contributed by atoms with Gasteiger partial charge < -0.3 is 5.32 Å². The molecule has 0 atom stereocenters. The van der Waals surface area contributed by atoms with Gasteiger partial charge in [-0.15, -0.1) is 0 Å². The molecular formula is C18H16FN7O. The first-order chi connectivity index (χ1) is 13.2. The van der Waals surface area contributed by atoms with Gasteiger partial charge in [0.15, 0.2) is 0 Å². The second-order valence-electron chi connectivity index (χ2n) is 5.83. The number of benzene rings is 1. The Balaban J connectivity index is 1.66. The average Bonchev–Trinajstić information content (AvgIpc) is 3.34. The van der Waals surface area contributed by atoms with Crippen molar-refractivity contribution in [1.29, 1.82) is 0 Å². The quantitative estimate of drug-likeness (QED) is 0.585. The first-order valence-corrected chi connectivity index (χ1v) is 8.41. The molecule has 1 N–H and O–H groups in total. The molecule has 0 bridgehead atoms. The molecule has 3 heterocycles. The molecule has 4 aromatic rings. The van der Waals surface area contributed by atoms with E-state index in [-0.39, 0.29) is 11.7 Å². The fourth-order valence-electron chi connectivity index (χ4n) is 2.80. The minimum Gasteiger partial charge on any atom is -0.345 e. The van der Waals surface area contributed by atoms with E-state index in [4.69, 9.17) is 0 Å². The van der Waals surface area contributed by atoms with Gasteiger partial charge in [0, 0.05) is 18.3 Å². The van der Waals surface area contributed by atoms with Gasteiger partial charge >= 0.3 is 0 Å². The number of aromatic nitrogens is 6. The lowest BCUT2D eigenvalue weighted by atomic mass is 10.1. The molecule has 4 rings (SSSR count). The first-order valence-electron chi connectivity index (χ1n) is 8.41. The Morgan fingerprint density at radius 3 is 2.78 bits per heavy atom. The maximum Gasteiger partial charge on any atom is 0.270 e. The van der Waals surface area contributed by atoms with E-state index in [2.05, 4.69) is 25.5 Å². The molecule has 1 amide bonds. The van der Waals surface area contributed by atoms with E-state index in [9.17, 15) is 9.18 Å². The SMILES string of the molecule is CCn1nccc1CNC(=O)c1cc(-c2ccc(F)cc2)nc2ncnn12. The third-order valence-electron chi connectivity index (χ3n) is 4.16. The molecule has 0 fully saturated rings. The lowest BCUT2D eigenvalue weighted by Gasteiger charge is -2.09. The summed E-state index contributed by atoms with van der Waals surface area (Å²) in [4.78, 5) is 21.2. The topological polar surface area (TPSA) is 90.0 Å². The van der Waals surface area contributed by atoms with Crippen LogP contribution in [0, 0.1) is 5.82 Å². The lowest BCUT2D eigenvalue weighted by Crippen LogP contribution is -2.27. The number of hydrogen-bond donors (Lipinski definition) is 1. The van der Waals surface area contributed by atoms with Gasteiger partial charge in [-0.1, -0.05) is 0 Å². The largest absolute Gasteiger partial charge is 0.345 e. The van der Waals surface area contributed by atoms with Crippen LogP contribution in [0.15, 0.2) is 48.9 Å². The third kappa shape index (κ3) is 3.26. The lowest BCUT2D eigenvalue weighted by molar-refractivity contribution is 0.0942. The van der Waals surface area contributed by atoms with Crippen molar-refractivity contribution in [3.8, 4) is 11.3 Å². The number of nitrogens with one attached hydrogen (secondary N) is 1. The molecule has 0 saturated carbocycles. The summed E-state index contributed by atoms with van der Waals surface area (Å²) in [6.07, 6.45) is 3.03. The highest BCUT2D eigenvalue weighted by molar-refractivity contribution is 5.94. The summed E-state index contributed by atoms with van der Waals surface area (Å²) < 4.78 is 16.4. The minimum absolute atomic E-state index is 0.291. The number of halogens is 1. The Labute approximate surface area is 153 Å². The van der Waals surface area contributed by atoms with Gasteiger partial charge in [-0.2, -0.15) is 19.7 Å². The Hall–Kier alpha value is -3.62. The number of aryl methyl sites for hydroxylation is 1. The van der Waals surface area contributed by atoms with Gasteiger partial charge in [-0.05, 0) is 43.3 Å². The van der Waals surface area contributed by atoms with Crippen molar-refractivity contribution in [3.63, 3.8) is 0 Å². The molecule has 3 aromatic heterocycles.